The minimum absolute atomic E-state index is 0.128. The molecule has 0 aliphatic heterocycles. The molecule has 3 heterocycles. The summed E-state index contributed by atoms with van der Waals surface area (Å²) in [6, 6.07) is 3.41. The molecule has 25 heavy (non-hydrogen) atoms. The molecular formula is C17H19N4O3S-. The smallest absolute Gasteiger partial charge is 0.142 e. The molecule has 2 radical (unpaired) electrons. The van der Waals surface area contributed by atoms with Crippen LogP contribution >= 0.6 is 10.3 Å². The number of rotatable bonds is 5. The summed E-state index contributed by atoms with van der Waals surface area (Å²) in [6.07, 6.45) is 7.88. The van der Waals surface area contributed by atoms with Crippen molar-refractivity contribution < 1.29 is 14.0 Å². The number of aryl methyl sites for hydroxylation is 1. The molecule has 0 saturated heterocycles. The zero-order chi connectivity index (χ0) is 18.2. The number of hydrogen-bond acceptors (Lipinski definition) is 6. The molecule has 3 aromatic rings. The minimum Gasteiger partial charge on any atom is -0.496 e. The summed E-state index contributed by atoms with van der Waals surface area (Å²) >= 11 is 0. The summed E-state index contributed by atoms with van der Waals surface area (Å²) in [4.78, 5) is 17.2. The largest absolute Gasteiger partial charge is 0.496 e. The molecule has 1 atom stereocenters. The van der Waals surface area contributed by atoms with Gasteiger partial charge in [0.05, 0.1) is 25.1 Å². The van der Waals surface area contributed by atoms with E-state index in [-0.39, 0.29) is 10.9 Å². The zero-order valence-corrected chi connectivity index (χ0v) is 15.3. The Morgan fingerprint density at radius 3 is 2.64 bits per heavy atom. The first-order valence-electron chi connectivity index (χ1n) is 7.51. The summed E-state index contributed by atoms with van der Waals surface area (Å²) < 4.78 is 21.3. The summed E-state index contributed by atoms with van der Waals surface area (Å²) in [5.41, 5.74) is 3.36. The van der Waals surface area contributed by atoms with E-state index in [4.69, 9.17) is 15.7 Å². The van der Waals surface area contributed by atoms with Crippen LogP contribution in [0.1, 0.15) is 16.8 Å². The Balaban J connectivity index is 1.97. The van der Waals surface area contributed by atoms with E-state index >= 15 is 0 Å². The van der Waals surface area contributed by atoms with Gasteiger partial charge in [-0.2, -0.15) is 0 Å². The van der Waals surface area contributed by atoms with Crippen LogP contribution in [0.4, 0.5) is 0 Å². The van der Waals surface area contributed by atoms with E-state index < -0.39 is 10.3 Å². The topological polar surface area (TPSA) is 91.5 Å². The van der Waals surface area contributed by atoms with E-state index in [0.717, 1.165) is 16.9 Å². The van der Waals surface area contributed by atoms with E-state index in [1.807, 2.05) is 13.8 Å². The molecule has 0 fully saturated rings. The number of hydrogen-bond donors (Lipinski definition) is 1. The van der Waals surface area contributed by atoms with Crippen molar-refractivity contribution >= 4 is 21.5 Å². The molecule has 0 aliphatic rings. The van der Waals surface area contributed by atoms with Gasteiger partial charge >= 0.3 is 0 Å². The molecule has 0 amide bonds. The molecule has 0 aliphatic carbocycles. The molecule has 1 N–H and O–H groups in total. The lowest BCUT2D eigenvalue weighted by Gasteiger charge is -2.29. The molecule has 1 unspecified atom stereocenters. The SMILES string of the molecule is [CH]S(O)(Cc1ncc(C)c(OC)c1C)c1nc2ccc(OC)nc2[n-]1. The van der Waals surface area contributed by atoms with Crippen LogP contribution < -0.4 is 14.5 Å². The third-order valence-corrected chi connectivity index (χ3v) is 5.41. The van der Waals surface area contributed by atoms with Gasteiger partial charge in [-0.1, -0.05) is 10.3 Å². The van der Waals surface area contributed by atoms with Crippen LogP contribution in [0.15, 0.2) is 23.5 Å². The number of ether oxygens (including phenoxy) is 2. The first-order valence-corrected chi connectivity index (χ1v) is 9.33. The van der Waals surface area contributed by atoms with Crippen molar-refractivity contribution in [2.24, 2.45) is 0 Å². The molecular weight excluding hydrogens is 340 g/mol. The van der Waals surface area contributed by atoms with Crippen molar-refractivity contribution in [3.63, 3.8) is 0 Å². The highest BCUT2D eigenvalue weighted by atomic mass is 32.3. The van der Waals surface area contributed by atoms with Crippen molar-refractivity contribution in [1.82, 2.24) is 19.9 Å². The molecule has 0 spiro atoms. The fourth-order valence-electron chi connectivity index (χ4n) is 2.57. The molecule has 8 heteroatoms. The highest BCUT2D eigenvalue weighted by molar-refractivity contribution is 8.29. The lowest BCUT2D eigenvalue weighted by Crippen LogP contribution is -2.07. The predicted molar refractivity (Wildman–Crippen MR) is 96.2 cm³/mol. The molecule has 3 rings (SSSR count). The second-order valence-electron chi connectivity index (χ2n) is 5.65. The predicted octanol–water partition coefficient (Wildman–Crippen LogP) is 3.12. The van der Waals surface area contributed by atoms with E-state index in [1.165, 1.54) is 7.11 Å². The van der Waals surface area contributed by atoms with Crippen LogP contribution in [0.5, 0.6) is 11.6 Å². The third-order valence-electron chi connectivity index (χ3n) is 3.88. The number of pyridine rings is 2. The normalized spacial score (nSPS) is 15.0. The summed E-state index contributed by atoms with van der Waals surface area (Å²) in [7, 11) is 0.351. The standard InChI is InChI=1S/C17H19N4O3S/c1-10-8-18-13(11(2)15(10)24-4)9-25(5,22)17-19-12-6-7-14(23-3)20-16(12)21-17/h5-8H,9H2,1-4H3,(H-,19,20,21,22)/q-1. The van der Waals surface area contributed by atoms with Gasteiger partial charge < -0.3 is 29.0 Å². The van der Waals surface area contributed by atoms with Crippen LogP contribution in [0.25, 0.3) is 11.2 Å². The van der Waals surface area contributed by atoms with Crippen molar-refractivity contribution in [1.29, 1.82) is 0 Å². The second kappa shape index (κ2) is 6.53. The van der Waals surface area contributed by atoms with Gasteiger partial charge in [0.1, 0.15) is 11.6 Å². The molecule has 0 saturated carbocycles. The second-order valence-corrected chi connectivity index (χ2v) is 7.81. The van der Waals surface area contributed by atoms with Crippen molar-refractivity contribution in [3.8, 4) is 11.6 Å². The van der Waals surface area contributed by atoms with Gasteiger partial charge in [-0.15, -0.1) is 0 Å². The molecule has 0 aromatic carbocycles. The highest BCUT2D eigenvalue weighted by Gasteiger charge is 2.22. The lowest BCUT2D eigenvalue weighted by molar-refractivity contribution is 0.399. The average Bonchev–Trinajstić information content (AvgIpc) is 3.02. The maximum Gasteiger partial charge on any atom is 0.142 e. The monoisotopic (exact) mass is 359 g/mol. The Bertz CT molecular complexity index is 924. The quantitative estimate of drug-likeness (QED) is 0.748. The Morgan fingerprint density at radius 2 is 1.96 bits per heavy atom. The minimum atomic E-state index is -2.78. The molecule has 0 bridgehead atoms. The zero-order valence-electron chi connectivity index (χ0n) is 14.5. The first-order chi connectivity index (χ1) is 11.9. The van der Waals surface area contributed by atoms with Gasteiger partial charge in [-0.05, 0) is 26.0 Å². The third kappa shape index (κ3) is 3.27. The van der Waals surface area contributed by atoms with Crippen molar-refractivity contribution in [3.05, 3.63) is 41.4 Å². The van der Waals surface area contributed by atoms with E-state index in [2.05, 4.69) is 19.9 Å². The van der Waals surface area contributed by atoms with E-state index in [1.54, 1.807) is 25.4 Å². The number of imidazole rings is 1. The van der Waals surface area contributed by atoms with E-state index in [9.17, 15) is 4.55 Å². The van der Waals surface area contributed by atoms with Gasteiger partial charge in [-0.25, -0.2) is 0 Å². The maximum atomic E-state index is 10.8. The van der Waals surface area contributed by atoms with Crippen LogP contribution in [0.3, 0.4) is 0 Å². The van der Waals surface area contributed by atoms with Crippen molar-refractivity contribution in [2.45, 2.75) is 24.8 Å². The lowest BCUT2D eigenvalue weighted by atomic mass is 10.1. The van der Waals surface area contributed by atoms with Crippen molar-refractivity contribution in [2.75, 3.05) is 14.2 Å². The molecule has 3 aromatic heterocycles. The molecule has 132 valence electrons. The van der Waals surface area contributed by atoms with Gasteiger partial charge in [0.2, 0.25) is 0 Å². The van der Waals surface area contributed by atoms with Gasteiger partial charge in [0.15, 0.2) is 0 Å². The van der Waals surface area contributed by atoms with Gasteiger partial charge in [-0.3, -0.25) is 4.98 Å². The Labute approximate surface area is 148 Å². The number of methoxy groups -OCH3 is 2. The average molecular weight is 359 g/mol. The maximum absolute atomic E-state index is 10.8. The van der Waals surface area contributed by atoms with Crippen LogP contribution in [0, 0.1) is 20.1 Å². The Hall–Kier alpha value is -2.32. The van der Waals surface area contributed by atoms with Crippen LogP contribution in [-0.2, 0) is 5.75 Å². The fraction of sp³-hybridized carbons (Fsp3) is 0.294. The number of aromatic nitrogens is 4. The molecule has 7 nitrogen and oxygen atoms in total. The summed E-state index contributed by atoms with van der Waals surface area (Å²) in [5, 5.41) is 0.170. The number of nitrogens with zero attached hydrogens (tertiary/aromatic N) is 4. The van der Waals surface area contributed by atoms with Crippen LogP contribution in [0.2, 0.25) is 0 Å². The highest BCUT2D eigenvalue weighted by Crippen LogP contribution is 2.52. The van der Waals surface area contributed by atoms with Gasteiger partial charge in [0.25, 0.3) is 0 Å². The van der Waals surface area contributed by atoms with Crippen LogP contribution in [-0.4, -0.2) is 33.7 Å². The number of fused-ring (bicyclic) bond motifs is 1. The van der Waals surface area contributed by atoms with E-state index in [0.29, 0.717) is 22.7 Å². The van der Waals surface area contributed by atoms with Gasteiger partial charge in [0, 0.05) is 40.5 Å². The Morgan fingerprint density at radius 1 is 1.20 bits per heavy atom. The summed E-state index contributed by atoms with van der Waals surface area (Å²) in [5.74, 6) is 1.29. The fourth-order valence-corrected chi connectivity index (χ4v) is 3.91. The summed E-state index contributed by atoms with van der Waals surface area (Å²) in [6.45, 7) is 3.80. The first kappa shape index (κ1) is 17.5. The Kier molecular flexibility index (Phi) is 4.57.